The predicted molar refractivity (Wildman–Crippen MR) is 138 cm³/mol. The smallest absolute Gasteiger partial charge is 0.119 e. The van der Waals surface area contributed by atoms with Crippen molar-refractivity contribution in [3.8, 4) is 5.75 Å². The van der Waals surface area contributed by atoms with Gasteiger partial charge in [-0.15, -0.1) is 0 Å². The van der Waals surface area contributed by atoms with E-state index >= 15 is 0 Å². The second-order valence-corrected chi connectivity index (χ2v) is 10.7. The first-order chi connectivity index (χ1) is 15.2. The molecule has 1 unspecified atom stereocenters. The Morgan fingerprint density at radius 3 is 2.06 bits per heavy atom. The SMILES string of the molecule is CCOc1ccc(N(C)c2ccc(C3=[PH](CC)c4cccc5cccc3c45)cc2)cc1. The molecule has 0 saturated heterocycles. The highest BCUT2D eigenvalue weighted by Gasteiger charge is 2.23. The maximum atomic E-state index is 5.57. The molecule has 0 saturated carbocycles. The van der Waals surface area contributed by atoms with Crippen LogP contribution >= 0.6 is 7.55 Å². The molecule has 0 radical (unpaired) electrons. The number of benzene rings is 4. The summed E-state index contributed by atoms with van der Waals surface area (Å²) >= 11 is 0. The summed E-state index contributed by atoms with van der Waals surface area (Å²) < 4.78 is 5.57. The van der Waals surface area contributed by atoms with Crippen molar-refractivity contribution in [2.24, 2.45) is 0 Å². The number of anilines is 2. The molecule has 156 valence electrons. The van der Waals surface area contributed by atoms with Gasteiger partial charge in [0.1, 0.15) is 5.75 Å². The van der Waals surface area contributed by atoms with Crippen molar-refractivity contribution >= 4 is 40.3 Å². The molecular formula is C28H28NOP. The Hall–Kier alpha value is -2.96. The van der Waals surface area contributed by atoms with Crippen molar-refractivity contribution in [3.63, 3.8) is 0 Å². The van der Waals surface area contributed by atoms with Crippen LogP contribution in [0.25, 0.3) is 10.8 Å². The van der Waals surface area contributed by atoms with E-state index in [0.29, 0.717) is 6.61 Å². The molecule has 3 heteroatoms. The van der Waals surface area contributed by atoms with Crippen LogP contribution in [0.4, 0.5) is 11.4 Å². The Morgan fingerprint density at radius 1 is 0.774 bits per heavy atom. The zero-order valence-corrected chi connectivity index (χ0v) is 19.4. The number of hydrogen-bond acceptors (Lipinski definition) is 2. The standard InChI is InChI=1S/C28H28NOP/c1-4-30-24-18-16-23(17-19-24)29(3)22-14-12-21(13-15-22)28-25-10-6-8-20-9-7-11-26(27(20)25)31(28)5-2/h6-19,31H,4-5H2,1-3H3. The highest BCUT2D eigenvalue weighted by atomic mass is 31.1. The third-order valence-electron chi connectivity index (χ3n) is 6.23. The fraction of sp³-hybridized carbons (Fsp3) is 0.179. The Kier molecular flexibility index (Phi) is 5.34. The molecule has 5 rings (SSSR count). The van der Waals surface area contributed by atoms with Crippen LogP contribution in [0.3, 0.4) is 0 Å². The molecule has 4 aromatic carbocycles. The molecule has 0 fully saturated rings. The molecule has 0 aromatic heterocycles. The quantitative estimate of drug-likeness (QED) is 0.329. The maximum Gasteiger partial charge on any atom is 0.119 e. The van der Waals surface area contributed by atoms with E-state index < -0.39 is 7.55 Å². The third kappa shape index (κ3) is 3.46. The van der Waals surface area contributed by atoms with Crippen LogP contribution in [0, 0.1) is 0 Å². The van der Waals surface area contributed by atoms with Gasteiger partial charge in [-0.2, -0.15) is 0 Å². The van der Waals surface area contributed by atoms with E-state index in [9.17, 15) is 0 Å². The molecule has 2 nitrogen and oxygen atoms in total. The van der Waals surface area contributed by atoms with E-state index in [1.807, 2.05) is 19.1 Å². The number of rotatable bonds is 6. The Morgan fingerprint density at radius 2 is 1.42 bits per heavy atom. The molecule has 0 spiro atoms. The minimum atomic E-state index is -0.755. The van der Waals surface area contributed by atoms with Gasteiger partial charge in [0.05, 0.1) is 6.61 Å². The molecule has 0 N–H and O–H groups in total. The lowest BCUT2D eigenvalue weighted by Gasteiger charge is -2.20. The van der Waals surface area contributed by atoms with E-state index in [4.69, 9.17) is 4.74 Å². The van der Waals surface area contributed by atoms with Crippen molar-refractivity contribution in [3.05, 3.63) is 96.1 Å². The second-order valence-electron chi connectivity index (χ2n) is 7.95. The van der Waals surface area contributed by atoms with E-state index in [0.717, 1.165) is 11.4 Å². The van der Waals surface area contributed by atoms with Gasteiger partial charge in [-0.25, -0.2) is 0 Å². The van der Waals surface area contributed by atoms with Crippen molar-refractivity contribution in [2.45, 2.75) is 13.8 Å². The minimum Gasteiger partial charge on any atom is -0.494 e. The van der Waals surface area contributed by atoms with Gasteiger partial charge in [-0.3, -0.25) is 0 Å². The molecule has 4 aromatic rings. The summed E-state index contributed by atoms with van der Waals surface area (Å²) in [7, 11) is 1.36. The molecule has 31 heavy (non-hydrogen) atoms. The van der Waals surface area contributed by atoms with Gasteiger partial charge in [0.2, 0.25) is 0 Å². The van der Waals surface area contributed by atoms with E-state index in [-0.39, 0.29) is 0 Å². The Balaban J connectivity index is 1.49. The highest BCUT2D eigenvalue weighted by Crippen LogP contribution is 2.41. The summed E-state index contributed by atoms with van der Waals surface area (Å²) in [5, 5.41) is 5.99. The van der Waals surface area contributed by atoms with Gasteiger partial charge in [-0.05, 0) is 82.0 Å². The fourth-order valence-electron chi connectivity index (χ4n) is 4.73. The molecule has 1 aliphatic rings. The van der Waals surface area contributed by atoms with Crippen LogP contribution < -0.4 is 14.9 Å². The lowest BCUT2D eigenvalue weighted by molar-refractivity contribution is 0.340. The molecule has 1 heterocycles. The Labute approximate surface area is 185 Å². The van der Waals surface area contributed by atoms with Gasteiger partial charge in [0.15, 0.2) is 0 Å². The summed E-state index contributed by atoms with van der Waals surface area (Å²) in [6, 6.07) is 31.0. The van der Waals surface area contributed by atoms with Gasteiger partial charge < -0.3 is 9.64 Å². The van der Waals surface area contributed by atoms with Crippen LogP contribution in [0.1, 0.15) is 25.0 Å². The summed E-state index contributed by atoms with van der Waals surface area (Å²) in [6.45, 7) is 5.04. The fourth-order valence-corrected chi connectivity index (χ4v) is 7.66. The van der Waals surface area contributed by atoms with Crippen molar-refractivity contribution in [1.82, 2.24) is 0 Å². The van der Waals surface area contributed by atoms with Crippen molar-refractivity contribution in [2.75, 3.05) is 24.7 Å². The lowest BCUT2D eigenvalue weighted by atomic mass is 9.98. The van der Waals surface area contributed by atoms with Crippen LogP contribution in [-0.2, 0) is 0 Å². The number of nitrogens with zero attached hydrogens (tertiary/aromatic N) is 1. The zero-order chi connectivity index (χ0) is 21.4. The van der Waals surface area contributed by atoms with Crippen LogP contribution in [0.15, 0.2) is 84.9 Å². The Bertz CT molecular complexity index is 1270. The van der Waals surface area contributed by atoms with Crippen LogP contribution in [-0.4, -0.2) is 25.1 Å². The number of hydrogen-bond donors (Lipinski definition) is 0. The lowest BCUT2D eigenvalue weighted by Crippen LogP contribution is -2.10. The average molecular weight is 426 g/mol. The van der Waals surface area contributed by atoms with E-state index in [1.165, 1.54) is 33.7 Å². The second kappa shape index (κ2) is 8.29. The first kappa shape index (κ1) is 20.0. The summed E-state index contributed by atoms with van der Waals surface area (Å²) in [5.41, 5.74) is 5.15. The van der Waals surface area contributed by atoms with E-state index in [2.05, 4.69) is 91.7 Å². The van der Waals surface area contributed by atoms with E-state index in [1.54, 1.807) is 10.6 Å². The van der Waals surface area contributed by atoms with Gasteiger partial charge in [0, 0.05) is 18.4 Å². The third-order valence-corrected chi connectivity index (χ3v) is 9.17. The average Bonchev–Trinajstić information content (AvgIpc) is 3.15. The first-order valence-electron chi connectivity index (χ1n) is 11.0. The van der Waals surface area contributed by atoms with Crippen molar-refractivity contribution < 1.29 is 4.74 Å². The molecular weight excluding hydrogens is 397 g/mol. The monoisotopic (exact) mass is 425 g/mol. The van der Waals surface area contributed by atoms with Crippen LogP contribution in [0.2, 0.25) is 0 Å². The number of ether oxygens (including phenoxy) is 1. The van der Waals surface area contributed by atoms with Crippen LogP contribution in [0.5, 0.6) is 5.75 Å². The minimum absolute atomic E-state index is 0.689. The normalized spacial score (nSPS) is 14.8. The van der Waals surface area contributed by atoms with Crippen molar-refractivity contribution in [1.29, 1.82) is 0 Å². The first-order valence-corrected chi connectivity index (χ1v) is 12.7. The predicted octanol–water partition coefficient (Wildman–Crippen LogP) is 6.45. The molecule has 0 amide bonds. The maximum absolute atomic E-state index is 5.57. The van der Waals surface area contributed by atoms with Gasteiger partial charge in [-0.1, -0.05) is 63.0 Å². The van der Waals surface area contributed by atoms with Gasteiger partial charge in [0.25, 0.3) is 0 Å². The summed E-state index contributed by atoms with van der Waals surface area (Å²) in [5.74, 6) is 0.913. The molecule has 1 aliphatic heterocycles. The summed E-state index contributed by atoms with van der Waals surface area (Å²) in [6.07, 6.45) is 1.21. The molecule has 1 atom stereocenters. The molecule has 0 bridgehead atoms. The zero-order valence-electron chi connectivity index (χ0n) is 18.4. The summed E-state index contributed by atoms with van der Waals surface area (Å²) in [4.78, 5) is 2.22. The largest absolute Gasteiger partial charge is 0.494 e. The molecule has 0 aliphatic carbocycles. The topological polar surface area (TPSA) is 12.5 Å². The van der Waals surface area contributed by atoms with Gasteiger partial charge >= 0.3 is 0 Å². The highest BCUT2D eigenvalue weighted by molar-refractivity contribution is 7.68.